The summed E-state index contributed by atoms with van der Waals surface area (Å²) in [6.07, 6.45) is 3.07. The third kappa shape index (κ3) is 5.12. The zero-order chi connectivity index (χ0) is 23.6. The molecule has 1 atom stereocenters. The molecule has 0 radical (unpaired) electrons. The molecule has 1 fully saturated rings. The molecule has 0 aliphatic carbocycles. The molecular weight excluding hydrogens is 448 g/mol. The van der Waals surface area contributed by atoms with E-state index in [4.69, 9.17) is 14.2 Å². The molecule has 33 heavy (non-hydrogen) atoms. The zero-order valence-corrected chi connectivity index (χ0v) is 19.2. The minimum absolute atomic E-state index is 0.239. The van der Waals surface area contributed by atoms with Crippen molar-refractivity contribution >= 4 is 27.1 Å². The van der Waals surface area contributed by atoms with Gasteiger partial charge in [0.15, 0.2) is 9.84 Å². The monoisotopic (exact) mass is 472 g/mol. The Morgan fingerprint density at radius 3 is 2.88 bits per heavy atom. The van der Waals surface area contributed by atoms with Crippen LogP contribution in [-0.4, -0.2) is 75.7 Å². The molecule has 2 aliphatic rings. The number of fused-ring (bicyclic) bond motifs is 1. The quantitative estimate of drug-likeness (QED) is 0.616. The first-order valence-electron chi connectivity index (χ1n) is 10.4. The number of nitrogens with zero attached hydrogens (tertiary/aromatic N) is 4. The number of hydrogen-bond acceptors (Lipinski definition) is 9. The van der Waals surface area contributed by atoms with Gasteiger partial charge in [0.25, 0.3) is 0 Å². The highest BCUT2D eigenvalue weighted by molar-refractivity contribution is 7.91. The number of benzene rings is 1. The van der Waals surface area contributed by atoms with Crippen LogP contribution in [0.2, 0.25) is 0 Å². The van der Waals surface area contributed by atoms with Crippen molar-refractivity contribution in [1.82, 2.24) is 9.88 Å². The number of ether oxygens (including phenoxy) is 3. The van der Waals surface area contributed by atoms with Gasteiger partial charge in [0, 0.05) is 25.3 Å². The molecular formula is C22H24N4O6S. The van der Waals surface area contributed by atoms with Gasteiger partial charge in [0.1, 0.15) is 41.6 Å². The van der Waals surface area contributed by atoms with Gasteiger partial charge in [-0.25, -0.2) is 13.4 Å². The van der Waals surface area contributed by atoms with Crippen LogP contribution in [0.15, 0.2) is 30.5 Å². The number of pyridine rings is 1. The van der Waals surface area contributed by atoms with Gasteiger partial charge in [-0.2, -0.15) is 5.26 Å². The first-order chi connectivity index (χ1) is 15.8. The van der Waals surface area contributed by atoms with E-state index in [0.29, 0.717) is 49.7 Å². The van der Waals surface area contributed by atoms with Crippen LogP contribution in [0.5, 0.6) is 17.4 Å². The largest absolute Gasteiger partial charge is 0.490 e. The van der Waals surface area contributed by atoms with Crippen LogP contribution < -0.4 is 19.1 Å². The van der Waals surface area contributed by atoms with Crippen LogP contribution in [-0.2, 0) is 14.6 Å². The second kappa shape index (κ2) is 9.15. The molecule has 0 N–H and O–H groups in total. The number of rotatable bonds is 6. The lowest BCUT2D eigenvalue weighted by Crippen LogP contribution is -2.35. The lowest BCUT2D eigenvalue weighted by Gasteiger charge is -2.31. The molecule has 1 amide bonds. The fraction of sp³-hybridized carbons (Fsp3) is 0.409. The van der Waals surface area contributed by atoms with Crippen molar-refractivity contribution in [2.24, 2.45) is 0 Å². The van der Waals surface area contributed by atoms with Gasteiger partial charge in [0.05, 0.1) is 37.8 Å². The molecule has 0 spiro atoms. The minimum Gasteiger partial charge on any atom is -0.490 e. The third-order valence-corrected chi connectivity index (χ3v) is 6.21. The Bertz CT molecular complexity index is 1210. The maximum atomic E-state index is 12.2. The number of aromatic nitrogens is 1. The van der Waals surface area contributed by atoms with E-state index in [0.717, 1.165) is 17.6 Å². The summed E-state index contributed by atoms with van der Waals surface area (Å²) in [6.45, 7) is 1.82. The van der Waals surface area contributed by atoms with Gasteiger partial charge >= 0.3 is 0 Å². The molecule has 3 heterocycles. The van der Waals surface area contributed by atoms with Crippen LogP contribution in [0.1, 0.15) is 12.0 Å². The Labute approximate surface area is 192 Å². The molecule has 4 rings (SSSR count). The topological polar surface area (TPSA) is 122 Å². The van der Waals surface area contributed by atoms with Crippen LogP contribution in [0.4, 0.5) is 11.4 Å². The van der Waals surface area contributed by atoms with E-state index in [1.165, 1.54) is 12.0 Å². The van der Waals surface area contributed by atoms with Crippen molar-refractivity contribution in [3.63, 3.8) is 0 Å². The summed E-state index contributed by atoms with van der Waals surface area (Å²) in [5, 5.41) is 9.40. The Hall–Kier alpha value is -3.52. The minimum atomic E-state index is -3.37. The van der Waals surface area contributed by atoms with Crippen LogP contribution >= 0.6 is 0 Å². The van der Waals surface area contributed by atoms with E-state index in [1.54, 1.807) is 18.3 Å². The van der Waals surface area contributed by atoms with Gasteiger partial charge in [-0.1, -0.05) is 0 Å². The summed E-state index contributed by atoms with van der Waals surface area (Å²) in [7, 11) is -1.91. The van der Waals surface area contributed by atoms with Gasteiger partial charge in [-0.15, -0.1) is 0 Å². The normalized spacial score (nSPS) is 17.7. The Morgan fingerprint density at radius 2 is 2.15 bits per heavy atom. The Balaban J connectivity index is 1.51. The molecule has 2 aliphatic heterocycles. The summed E-state index contributed by atoms with van der Waals surface area (Å²) in [6, 6.07) is 9.29. The maximum Gasteiger partial charge on any atom is 0.237 e. The number of carbonyl (C=O) groups excluding carboxylic acids is 1. The fourth-order valence-electron chi connectivity index (χ4n) is 3.93. The summed E-state index contributed by atoms with van der Waals surface area (Å²) in [4.78, 5) is 19.9. The number of amides is 1. The molecule has 0 bridgehead atoms. The van der Waals surface area contributed by atoms with E-state index in [-0.39, 0.29) is 12.0 Å². The second-order valence-corrected chi connectivity index (χ2v) is 10.1. The summed E-state index contributed by atoms with van der Waals surface area (Å²) in [5.41, 5.74) is 1.84. The van der Waals surface area contributed by atoms with Gasteiger partial charge < -0.3 is 24.0 Å². The smallest absolute Gasteiger partial charge is 0.237 e. The molecule has 0 saturated carbocycles. The van der Waals surface area contributed by atoms with E-state index >= 15 is 0 Å². The van der Waals surface area contributed by atoms with Gasteiger partial charge in [-0.3, -0.25) is 4.79 Å². The standard InChI is InChI=1S/C22H24N4O6S/c1-30-22-15(11-23)9-16(12-24-22)26-7-8-31-20-4-3-17(10-19(20)26)32-18-5-6-25(13-18)21(27)14-33(2,28)29/h3-4,9-10,12,18H,5-8,13-14H2,1-2H3/t18-/m0/s1. The first kappa shape index (κ1) is 22.7. The average molecular weight is 473 g/mol. The van der Waals surface area contributed by atoms with Crippen molar-refractivity contribution in [1.29, 1.82) is 5.26 Å². The predicted octanol–water partition coefficient (Wildman–Crippen LogP) is 1.52. The number of carbonyl (C=O) groups is 1. The highest BCUT2D eigenvalue weighted by Gasteiger charge is 2.30. The van der Waals surface area contributed by atoms with Crippen LogP contribution in [0.3, 0.4) is 0 Å². The van der Waals surface area contributed by atoms with Crippen molar-refractivity contribution < 1.29 is 27.4 Å². The maximum absolute atomic E-state index is 12.2. The molecule has 2 aromatic rings. The second-order valence-electron chi connectivity index (χ2n) is 7.93. The van der Waals surface area contributed by atoms with Crippen molar-refractivity contribution in [3.05, 3.63) is 36.0 Å². The molecule has 1 aromatic carbocycles. The number of methoxy groups -OCH3 is 1. The lowest BCUT2D eigenvalue weighted by atomic mass is 10.2. The molecule has 1 saturated heterocycles. The summed E-state index contributed by atoms with van der Waals surface area (Å²) < 4.78 is 39.8. The summed E-state index contributed by atoms with van der Waals surface area (Å²) in [5.74, 6) is 0.649. The number of anilines is 2. The average Bonchev–Trinajstić information content (AvgIpc) is 3.26. The Morgan fingerprint density at radius 1 is 1.33 bits per heavy atom. The van der Waals surface area contributed by atoms with E-state index < -0.39 is 21.5 Å². The molecule has 10 nitrogen and oxygen atoms in total. The van der Waals surface area contributed by atoms with Crippen molar-refractivity contribution in [3.8, 4) is 23.4 Å². The molecule has 0 unspecified atom stereocenters. The van der Waals surface area contributed by atoms with E-state index in [1.807, 2.05) is 17.0 Å². The van der Waals surface area contributed by atoms with E-state index in [9.17, 15) is 18.5 Å². The van der Waals surface area contributed by atoms with Crippen molar-refractivity contribution in [2.45, 2.75) is 12.5 Å². The fourth-order valence-corrected chi connectivity index (χ4v) is 4.56. The highest BCUT2D eigenvalue weighted by Crippen LogP contribution is 2.40. The predicted molar refractivity (Wildman–Crippen MR) is 120 cm³/mol. The number of nitriles is 1. The number of hydrogen-bond donors (Lipinski definition) is 0. The SMILES string of the molecule is COc1ncc(N2CCOc3ccc(O[C@H]4CCN(C(=O)CS(C)(=O)=O)C4)cc32)cc1C#N. The number of sulfone groups is 1. The van der Waals surface area contributed by atoms with E-state index in [2.05, 4.69) is 11.1 Å². The van der Waals surface area contributed by atoms with Crippen LogP contribution in [0, 0.1) is 11.3 Å². The van der Waals surface area contributed by atoms with Gasteiger partial charge in [0.2, 0.25) is 11.8 Å². The molecule has 1 aromatic heterocycles. The zero-order valence-electron chi connectivity index (χ0n) is 18.4. The lowest BCUT2D eigenvalue weighted by molar-refractivity contribution is -0.127. The number of likely N-dealkylation sites (tertiary alicyclic amines) is 1. The van der Waals surface area contributed by atoms with Gasteiger partial charge in [-0.05, 0) is 18.2 Å². The molecule has 11 heteroatoms. The van der Waals surface area contributed by atoms with Crippen LogP contribution in [0.25, 0.3) is 0 Å². The highest BCUT2D eigenvalue weighted by atomic mass is 32.2. The summed E-state index contributed by atoms with van der Waals surface area (Å²) >= 11 is 0. The molecule has 174 valence electrons. The third-order valence-electron chi connectivity index (χ3n) is 5.44. The first-order valence-corrected chi connectivity index (χ1v) is 12.4. The van der Waals surface area contributed by atoms with Crippen molar-refractivity contribution in [2.75, 3.05) is 50.3 Å². The Kier molecular flexibility index (Phi) is 6.29.